The monoisotopic (exact) mass is 265 g/mol. The molecule has 0 amide bonds. The number of hydrogen-bond acceptors (Lipinski definition) is 2. The van der Waals surface area contributed by atoms with Crippen molar-refractivity contribution < 1.29 is 0 Å². The first-order chi connectivity index (χ1) is 7.16. The zero-order chi connectivity index (χ0) is 10.8. The molecule has 2 rings (SSSR count). The van der Waals surface area contributed by atoms with E-state index in [0.29, 0.717) is 5.92 Å². The molecule has 3 nitrogen and oxygen atoms in total. The Balaban J connectivity index is 2.37. The Morgan fingerprint density at radius 1 is 1.27 bits per heavy atom. The summed E-state index contributed by atoms with van der Waals surface area (Å²) in [6, 6.07) is 1.99. The summed E-state index contributed by atoms with van der Waals surface area (Å²) in [5.74, 6) is 0.499. The van der Waals surface area contributed by atoms with E-state index < -0.39 is 0 Å². The van der Waals surface area contributed by atoms with Crippen molar-refractivity contribution in [2.24, 2.45) is 0 Å². The molecule has 0 aliphatic heterocycles. The summed E-state index contributed by atoms with van der Waals surface area (Å²) in [4.78, 5) is 4.11. The lowest BCUT2D eigenvalue weighted by Crippen LogP contribution is -1.94. The van der Waals surface area contributed by atoms with Gasteiger partial charge < -0.3 is 0 Å². The molecule has 0 saturated heterocycles. The molecule has 78 valence electrons. The van der Waals surface area contributed by atoms with Gasteiger partial charge in [0.05, 0.1) is 18.1 Å². The quantitative estimate of drug-likeness (QED) is 0.835. The SMILES string of the molecule is CC(C)c1cnn(-c2cncc(Br)c2)c1. The van der Waals surface area contributed by atoms with Gasteiger partial charge in [0.1, 0.15) is 0 Å². The third-order valence-corrected chi connectivity index (χ3v) is 2.66. The van der Waals surface area contributed by atoms with Crippen molar-refractivity contribution in [1.82, 2.24) is 14.8 Å². The van der Waals surface area contributed by atoms with Crippen LogP contribution in [0, 0.1) is 0 Å². The Kier molecular flexibility index (Phi) is 2.86. The number of hydrogen-bond donors (Lipinski definition) is 0. The molecule has 0 radical (unpaired) electrons. The topological polar surface area (TPSA) is 30.7 Å². The van der Waals surface area contributed by atoms with Crippen molar-refractivity contribution in [3.05, 3.63) is 40.9 Å². The van der Waals surface area contributed by atoms with Crippen molar-refractivity contribution in [1.29, 1.82) is 0 Å². The fourth-order valence-corrected chi connectivity index (χ4v) is 1.65. The maximum Gasteiger partial charge on any atom is 0.0840 e. The molecule has 0 N–H and O–H groups in total. The first kappa shape index (κ1) is 10.4. The predicted molar refractivity (Wildman–Crippen MR) is 63.1 cm³/mol. The van der Waals surface area contributed by atoms with Gasteiger partial charge in [0.15, 0.2) is 0 Å². The number of rotatable bonds is 2. The van der Waals surface area contributed by atoms with Crippen molar-refractivity contribution in [2.45, 2.75) is 19.8 Å². The van der Waals surface area contributed by atoms with Crippen LogP contribution in [-0.2, 0) is 0 Å². The Labute approximate surface area is 97.3 Å². The van der Waals surface area contributed by atoms with Gasteiger partial charge in [0.25, 0.3) is 0 Å². The highest BCUT2D eigenvalue weighted by molar-refractivity contribution is 9.10. The Morgan fingerprint density at radius 2 is 2.07 bits per heavy atom. The molecule has 2 aromatic rings. The number of pyridine rings is 1. The molecule has 15 heavy (non-hydrogen) atoms. The minimum absolute atomic E-state index is 0.499. The smallest absolute Gasteiger partial charge is 0.0840 e. The molecular weight excluding hydrogens is 254 g/mol. The lowest BCUT2D eigenvalue weighted by Gasteiger charge is -2.01. The Hall–Kier alpha value is -1.16. The molecule has 0 unspecified atom stereocenters. The molecule has 2 heterocycles. The standard InChI is InChI=1S/C11H12BrN3/c1-8(2)9-4-14-15(7-9)11-3-10(12)5-13-6-11/h3-8H,1-2H3. The van der Waals surface area contributed by atoms with E-state index in [1.54, 1.807) is 12.4 Å². The fourth-order valence-electron chi connectivity index (χ4n) is 1.30. The molecule has 0 spiro atoms. The zero-order valence-corrected chi connectivity index (χ0v) is 10.3. The lowest BCUT2D eigenvalue weighted by atomic mass is 10.1. The van der Waals surface area contributed by atoms with E-state index in [1.165, 1.54) is 5.56 Å². The summed E-state index contributed by atoms with van der Waals surface area (Å²) < 4.78 is 2.80. The normalized spacial score (nSPS) is 10.9. The van der Waals surface area contributed by atoms with Gasteiger partial charge in [-0.05, 0) is 33.5 Å². The fraction of sp³-hybridized carbons (Fsp3) is 0.273. The van der Waals surface area contributed by atoms with Crippen LogP contribution in [0.3, 0.4) is 0 Å². The van der Waals surface area contributed by atoms with E-state index in [-0.39, 0.29) is 0 Å². The van der Waals surface area contributed by atoms with E-state index in [9.17, 15) is 0 Å². The molecule has 0 saturated carbocycles. The molecule has 4 heteroatoms. The maximum absolute atomic E-state index is 4.30. The van der Waals surface area contributed by atoms with Crippen molar-refractivity contribution in [3.8, 4) is 5.69 Å². The first-order valence-corrected chi connectivity index (χ1v) is 5.61. The highest BCUT2D eigenvalue weighted by Gasteiger charge is 2.04. The van der Waals surface area contributed by atoms with Gasteiger partial charge in [0.2, 0.25) is 0 Å². The Morgan fingerprint density at radius 3 is 2.67 bits per heavy atom. The second kappa shape index (κ2) is 4.14. The van der Waals surface area contributed by atoms with Crippen molar-refractivity contribution in [2.75, 3.05) is 0 Å². The highest BCUT2D eigenvalue weighted by Crippen LogP contribution is 2.17. The van der Waals surface area contributed by atoms with Gasteiger partial charge in [-0.25, -0.2) is 4.68 Å². The summed E-state index contributed by atoms with van der Waals surface area (Å²) in [7, 11) is 0. The average Bonchev–Trinajstić information content (AvgIpc) is 2.66. The molecule has 0 atom stereocenters. The number of aromatic nitrogens is 3. The van der Waals surface area contributed by atoms with Crippen LogP contribution in [-0.4, -0.2) is 14.8 Å². The molecule has 0 fully saturated rings. The number of nitrogens with zero attached hydrogens (tertiary/aromatic N) is 3. The van der Waals surface area contributed by atoms with Gasteiger partial charge in [-0.1, -0.05) is 13.8 Å². The van der Waals surface area contributed by atoms with Gasteiger partial charge in [-0.3, -0.25) is 4.98 Å². The van der Waals surface area contributed by atoms with Gasteiger partial charge >= 0.3 is 0 Å². The molecule has 0 bridgehead atoms. The van der Waals surface area contributed by atoms with Crippen molar-refractivity contribution >= 4 is 15.9 Å². The Bertz CT molecular complexity index is 462. The van der Waals surface area contributed by atoms with Crippen LogP contribution in [0.25, 0.3) is 5.69 Å². The summed E-state index contributed by atoms with van der Waals surface area (Å²) >= 11 is 3.39. The molecule has 0 aliphatic rings. The number of halogens is 1. The molecule has 2 aromatic heterocycles. The highest BCUT2D eigenvalue weighted by atomic mass is 79.9. The van der Waals surface area contributed by atoms with E-state index in [1.807, 2.05) is 23.1 Å². The van der Waals surface area contributed by atoms with E-state index >= 15 is 0 Å². The second-order valence-corrected chi connectivity index (χ2v) is 4.65. The van der Waals surface area contributed by atoms with Crippen LogP contribution >= 0.6 is 15.9 Å². The summed E-state index contributed by atoms with van der Waals surface area (Å²) in [5.41, 5.74) is 2.20. The van der Waals surface area contributed by atoms with Crippen LogP contribution < -0.4 is 0 Å². The molecular formula is C11H12BrN3. The van der Waals surface area contributed by atoms with Crippen LogP contribution in [0.2, 0.25) is 0 Å². The maximum atomic E-state index is 4.30. The minimum atomic E-state index is 0.499. The lowest BCUT2D eigenvalue weighted by molar-refractivity contribution is 0.855. The van der Waals surface area contributed by atoms with Gasteiger partial charge in [-0.15, -0.1) is 0 Å². The molecule has 0 aliphatic carbocycles. The summed E-state index contributed by atoms with van der Waals surface area (Å²) in [6.07, 6.45) is 7.48. The summed E-state index contributed by atoms with van der Waals surface area (Å²) in [5, 5.41) is 4.30. The van der Waals surface area contributed by atoms with Crippen LogP contribution in [0.1, 0.15) is 25.3 Å². The van der Waals surface area contributed by atoms with Gasteiger partial charge in [-0.2, -0.15) is 5.10 Å². The zero-order valence-electron chi connectivity index (χ0n) is 8.68. The van der Waals surface area contributed by atoms with E-state index in [2.05, 4.69) is 39.9 Å². The van der Waals surface area contributed by atoms with Crippen LogP contribution in [0.5, 0.6) is 0 Å². The average molecular weight is 266 g/mol. The largest absolute Gasteiger partial charge is 0.261 e. The third kappa shape index (κ3) is 2.26. The summed E-state index contributed by atoms with van der Waals surface area (Å²) in [6.45, 7) is 4.31. The van der Waals surface area contributed by atoms with Gasteiger partial charge in [0, 0.05) is 16.9 Å². The van der Waals surface area contributed by atoms with E-state index in [0.717, 1.165) is 10.2 Å². The third-order valence-electron chi connectivity index (χ3n) is 2.22. The first-order valence-electron chi connectivity index (χ1n) is 4.82. The molecule has 0 aromatic carbocycles. The second-order valence-electron chi connectivity index (χ2n) is 3.73. The van der Waals surface area contributed by atoms with Crippen LogP contribution in [0.4, 0.5) is 0 Å². The van der Waals surface area contributed by atoms with Crippen LogP contribution in [0.15, 0.2) is 35.3 Å². The minimum Gasteiger partial charge on any atom is -0.261 e. The van der Waals surface area contributed by atoms with E-state index in [4.69, 9.17) is 0 Å². The predicted octanol–water partition coefficient (Wildman–Crippen LogP) is 3.15. The van der Waals surface area contributed by atoms with Crippen molar-refractivity contribution in [3.63, 3.8) is 0 Å².